The third-order valence-electron chi connectivity index (χ3n) is 6.11. The molecule has 32 heavy (non-hydrogen) atoms. The van der Waals surface area contributed by atoms with Crippen LogP contribution in [-0.4, -0.2) is 68.4 Å². The van der Waals surface area contributed by atoms with Crippen molar-refractivity contribution in [2.24, 2.45) is 0 Å². The van der Waals surface area contributed by atoms with Gasteiger partial charge >= 0.3 is 5.69 Å². The monoisotopic (exact) mass is 439 g/mol. The first kappa shape index (κ1) is 19.4. The summed E-state index contributed by atoms with van der Waals surface area (Å²) in [6.07, 6.45) is 4.46. The number of fused-ring (bicyclic) bond motifs is 2. The molecule has 0 aromatic carbocycles. The lowest BCUT2D eigenvalue weighted by Gasteiger charge is -2.28. The lowest BCUT2D eigenvalue weighted by atomic mass is 10.1. The van der Waals surface area contributed by atoms with Crippen LogP contribution in [0.5, 0.6) is 0 Å². The number of ether oxygens (including phenoxy) is 2. The van der Waals surface area contributed by atoms with Crippen molar-refractivity contribution in [3.63, 3.8) is 0 Å². The Morgan fingerprint density at radius 3 is 2.66 bits per heavy atom. The van der Waals surface area contributed by atoms with Crippen LogP contribution in [0.2, 0.25) is 0 Å². The Bertz CT molecular complexity index is 1350. The van der Waals surface area contributed by atoms with Crippen molar-refractivity contribution in [3.8, 4) is 11.5 Å². The number of rotatable bonds is 3. The fourth-order valence-electron chi connectivity index (χ4n) is 4.51. The summed E-state index contributed by atoms with van der Waals surface area (Å²) < 4.78 is 28.3. The summed E-state index contributed by atoms with van der Waals surface area (Å²) in [7, 11) is 0. The highest BCUT2D eigenvalue weighted by Gasteiger charge is 2.26. The van der Waals surface area contributed by atoms with Crippen molar-refractivity contribution < 1.29 is 13.9 Å². The maximum atomic E-state index is 14.0. The standard InChI is InChI=1S/C21H22FN7O3/c22-13-1-2-16-23-11-15(28(16)12-13)18-25-19(27-5-9-32-10-6-27)17-20(26-18)29(21(30)24-17)14-3-7-31-8-4-14/h1-2,11-12,14H,3-10H2,(H,24,30). The van der Waals surface area contributed by atoms with E-state index in [1.54, 1.807) is 21.2 Å². The van der Waals surface area contributed by atoms with E-state index in [2.05, 4.69) is 14.9 Å². The first-order valence-electron chi connectivity index (χ1n) is 10.7. The molecule has 2 aliphatic rings. The highest BCUT2D eigenvalue weighted by Crippen LogP contribution is 2.30. The number of imidazole rings is 2. The Morgan fingerprint density at radius 2 is 1.84 bits per heavy atom. The number of hydrogen-bond donors (Lipinski definition) is 1. The molecule has 6 rings (SSSR count). The van der Waals surface area contributed by atoms with Gasteiger partial charge in [-0.3, -0.25) is 8.97 Å². The smallest absolute Gasteiger partial charge is 0.328 e. The summed E-state index contributed by atoms with van der Waals surface area (Å²) in [6.45, 7) is 3.66. The van der Waals surface area contributed by atoms with Gasteiger partial charge in [-0.25, -0.2) is 24.1 Å². The summed E-state index contributed by atoms with van der Waals surface area (Å²) in [5.41, 5.74) is 2.08. The van der Waals surface area contributed by atoms with Crippen molar-refractivity contribution in [2.75, 3.05) is 44.4 Å². The predicted octanol–water partition coefficient (Wildman–Crippen LogP) is 1.76. The third-order valence-corrected chi connectivity index (χ3v) is 6.11. The molecule has 0 bridgehead atoms. The van der Waals surface area contributed by atoms with Gasteiger partial charge < -0.3 is 19.4 Å². The molecule has 0 saturated carbocycles. The molecule has 10 nitrogen and oxygen atoms in total. The lowest BCUT2D eigenvalue weighted by Crippen LogP contribution is -2.37. The molecule has 166 valence electrons. The Labute approximate surface area is 181 Å². The maximum absolute atomic E-state index is 14.0. The van der Waals surface area contributed by atoms with Crippen LogP contribution in [0.1, 0.15) is 18.9 Å². The molecule has 2 aliphatic heterocycles. The van der Waals surface area contributed by atoms with Gasteiger partial charge in [0.25, 0.3) is 0 Å². The number of aromatic nitrogens is 6. The Kier molecular flexibility index (Phi) is 4.65. The second-order valence-corrected chi connectivity index (χ2v) is 8.03. The van der Waals surface area contributed by atoms with Crippen LogP contribution in [0.3, 0.4) is 0 Å². The molecule has 0 amide bonds. The average molecular weight is 439 g/mol. The van der Waals surface area contributed by atoms with E-state index in [0.29, 0.717) is 73.7 Å². The molecule has 0 aliphatic carbocycles. The van der Waals surface area contributed by atoms with Gasteiger partial charge in [-0.05, 0) is 25.0 Å². The van der Waals surface area contributed by atoms with Gasteiger partial charge in [-0.2, -0.15) is 0 Å². The van der Waals surface area contributed by atoms with E-state index in [1.807, 2.05) is 0 Å². The fraction of sp³-hybridized carbons (Fsp3) is 0.429. The largest absolute Gasteiger partial charge is 0.381 e. The van der Waals surface area contributed by atoms with E-state index in [-0.39, 0.29) is 17.5 Å². The van der Waals surface area contributed by atoms with Crippen LogP contribution in [0.4, 0.5) is 10.2 Å². The van der Waals surface area contributed by atoms with Gasteiger partial charge in [0.2, 0.25) is 0 Å². The number of nitrogens with one attached hydrogen (secondary N) is 1. The minimum atomic E-state index is -0.382. The number of halogens is 1. The molecule has 4 aromatic rings. The van der Waals surface area contributed by atoms with Crippen LogP contribution < -0.4 is 10.6 Å². The Balaban J connectivity index is 1.59. The number of nitrogens with zero attached hydrogens (tertiary/aromatic N) is 6. The summed E-state index contributed by atoms with van der Waals surface area (Å²) in [4.78, 5) is 32.1. The second-order valence-electron chi connectivity index (χ2n) is 8.03. The number of anilines is 1. The van der Waals surface area contributed by atoms with Gasteiger partial charge in [-0.1, -0.05) is 0 Å². The molecule has 0 unspecified atom stereocenters. The predicted molar refractivity (Wildman–Crippen MR) is 114 cm³/mol. The Morgan fingerprint density at radius 1 is 1.06 bits per heavy atom. The van der Waals surface area contributed by atoms with Crippen LogP contribution >= 0.6 is 0 Å². The molecule has 2 saturated heterocycles. The van der Waals surface area contributed by atoms with E-state index in [0.717, 1.165) is 12.8 Å². The molecule has 1 N–H and O–H groups in total. The highest BCUT2D eigenvalue weighted by atomic mass is 19.1. The topological polar surface area (TPSA) is 103 Å². The zero-order valence-corrected chi connectivity index (χ0v) is 17.3. The van der Waals surface area contributed by atoms with E-state index in [9.17, 15) is 9.18 Å². The molecule has 0 radical (unpaired) electrons. The SMILES string of the molecule is O=c1[nH]c2c(N3CCOCC3)nc(-c3cnc4ccc(F)cn34)nc2n1C1CCOCC1. The van der Waals surface area contributed by atoms with Gasteiger partial charge in [0, 0.05) is 38.5 Å². The number of H-pyrrole nitrogens is 1. The first-order chi connectivity index (χ1) is 15.7. The molecule has 0 spiro atoms. The van der Waals surface area contributed by atoms with Gasteiger partial charge in [-0.15, -0.1) is 0 Å². The van der Waals surface area contributed by atoms with Crippen LogP contribution in [-0.2, 0) is 9.47 Å². The zero-order valence-electron chi connectivity index (χ0n) is 17.3. The number of morpholine rings is 1. The van der Waals surface area contributed by atoms with Crippen molar-refractivity contribution >= 4 is 22.6 Å². The summed E-state index contributed by atoms with van der Waals surface area (Å²) in [6, 6.07) is 2.96. The van der Waals surface area contributed by atoms with E-state index in [4.69, 9.17) is 19.4 Å². The molecular formula is C21H22FN7O3. The zero-order chi connectivity index (χ0) is 21.7. The van der Waals surface area contributed by atoms with Crippen molar-refractivity contribution in [3.05, 3.63) is 40.8 Å². The van der Waals surface area contributed by atoms with E-state index >= 15 is 0 Å². The lowest BCUT2D eigenvalue weighted by molar-refractivity contribution is 0.0697. The number of pyridine rings is 1. The van der Waals surface area contributed by atoms with Crippen LogP contribution in [0.15, 0.2) is 29.3 Å². The Hall–Kier alpha value is -3.31. The normalized spacial score (nSPS) is 18.1. The molecule has 4 aromatic heterocycles. The average Bonchev–Trinajstić information content (AvgIpc) is 3.39. The molecule has 11 heteroatoms. The summed E-state index contributed by atoms with van der Waals surface area (Å²) in [5, 5.41) is 0. The molecular weight excluding hydrogens is 417 g/mol. The summed E-state index contributed by atoms with van der Waals surface area (Å²) >= 11 is 0. The van der Waals surface area contributed by atoms with E-state index in [1.165, 1.54) is 12.3 Å². The van der Waals surface area contributed by atoms with Crippen LogP contribution in [0.25, 0.3) is 28.3 Å². The first-order valence-corrected chi connectivity index (χ1v) is 10.7. The fourth-order valence-corrected chi connectivity index (χ4v) is 4.51. The molecule has 2 fully saturated rings. The minimum Gasteiger partial charge on any atom is -0.381 e. The summed E-state index contributed by atoms with van der Waals surface area (Å²) in [5.74, 6) is 0.645. The maximum Gasteiger partial charge on any atom is 0.328 e. The van der Waals surface area contributed by atoms with Crippen LogP contribution in [0, 0.1) is 5.82 Å². The molecule has 6 heterocycles. The van der Waals surface area contributed by atoms with Crippen molar-refractivity contribution in [2.45, 2.75) is 18.9 Å². The van der Waals surface area contributed by atoms with Crippen molar-refractivity contribution in [1.82, 2.24) is 28.9 Å². The van der Waals surface area contributed by atoms with Crippen molar-refractivity contribution in [1.29, 1.82) is 0 Å². The molecule has 0 atom stereocenters. The second kappa shape index (κ2) is 7.68. The number of hydrogen-bond acceptors (Lipinski definition) is 7. The van der Waals surface area contributed by atoms with E-state index < -0.39 is 0 Å². The quantitative estimate of drug-likeness (QED) is 0.519. The van der Waals surface area contributed by atoms with Gasteiger partial charge in [0.05, 0.1) is 19.4 Å². The highest BCUT2D eigenvalue weighted by molar-refractivity contribution is 5.85. The minimum absolute atomic E-state index is 0.00934. The number of aromatic amines is 1. The van der Waals surface area contributed by atoms with Gasteiger partial charge in [0.1, 0.15) is 22.7 Å². The van der Waals surface area contributed by atoms with Gasteiger partial charge in [0.15, 0.2) is 17.3 Å². The third kappa shape index (κ3) is 3.16.